The minimum absolute atomic E-state index is 0.0588. The minimum atomic E-state index is -0.0588. The fourth-order valence-electron chi connectivity index (χ4n) is 11.1. The van der Waals surface area contributed by atoms with E-state index in [0.29, 0.717) is 22.8 Å². The molecule has 10 atom stereocenters. The summed E-state index contributed by atoms with van der Waals surface area (Å²) >= 11 is 0. The fourth-order valence-corrected chi connectivity index (χ4v) is 11.1. The van der Waals surface area contributed by atoms with Crippen molar-refractivity contribution in [3.8, 4) is 0 Å². The molecule has 3 heteroatoms. The Kier molecular flexibility index (Phi) is 12.3. The topological polar surface area (TPSA) is 58.3 Å². The lowest BCUT2D eigenvalue weighted by molar-refractivity contribution is -0.142. The maximum Gasteiger partial charge on any atom is 0.0543 e. The molecule has 0 heterocycles. The first kappa shape index (κ1) is 32.8. The Balaban J connectivity index is 1.38. The van der Waals surface area contributed by atoms with Gasteiger partial charge in [0.05, 0.1) is 6.10 Å². The van der Waals surface area contributed by atoms with Crippen molar-refractivity contribution in [2.24, 2.45) is 58.0 Å². The van der Waals surface area contributed by atoms with Gasteiger partial charge in [-0.3, -0.25) is 0 Å². The number of rotatable bonds is 16. The zero-order chi connectivity index (χ0) is 28.8. The molecular weight excluding hydrogens is 488 g/mol. The smallest absolute Gasteiger partial charge is 0.0543 e. The number of hydrogen-bond donors (Lipinski definition) is 3. The molecule has 4 saturated carbocycles. The summed E-state index contributed by atoms with van der Waals surface area (Å²) < 4.78 is 0. The number of nitrogens with one attached hydrogen (secondary N) is 1. The lowest BCUT2D eigenvalue weighted by atomic mass is 9.43. The summed E-state index contributed by atoms with van der Waals surface area (Å²) in [6.45, 7) is 14.8. The van der Waals surface area contributed by atoms with Crippen molar-refractivity contribution in [2.75, 3.05) is 13.1 Å². The van der Waals surface area contributed by atoms with E-state index < -0.39 is 0 Å². The van der Waals surface area contributed by atoms with Gasteiger partial charge in [0.2, 0.25) is 0 Å². The third-order valence-corrected chi connectivity index (χ3v) is 13.4. The van der Waals surface area contributed by atoms with Crippen molar-refractivity contribution >= 4 is 0 Å². The molecule has 40 heavy (non-hydrogen) atoms. The average Bonchev–Trinajstić information content (AvgIpc) is 3.27. The van der Waals surface area contributed by atoms with E-state index in [1.807, 2.05) is 0 Å². The first-order chi connectivity index (χ1) is 19.2. The van der Waals surface area contributed by atoms with Crippen LogP contribution in [0.5, 0.6) is 0 Å². The van der Waals surface area contributed by atoms with Crippen LogP contribution in [-0.2, 0) is 0 Å². The van der Waals surface area contributed by atoms with Gasteiger partial charge in [0.15, 0.2) is 0 Å². The van der Waals surface area contributed by atoms with Gasteiger partial charge in [-0.15, -0.1) is 0 Å². The Morgan fingerprint density at radius 2 is 1.40 bits per heavy atom. The predicted octanol–water partition coefficient (Wildman–Crippen LogP) is 9.12. The first-order valence-electron chi connectivity index (χ1n) is 18.3. The number of unbranched alkanes of at least 4 members (excludes halogenated alkanes) is 7. The van der Waals surface area contributed by atoms with E-state index >= 15 is 0 Å². The summed E-state index contributed by atoms with van der Waals surface area (Å²) in [6.07, 6.45) is 25.5. The second-order valence-corrected chi connectivity index (χ2v) is 16.4. The molecule has 4 rings (SSSR count). The summed E-state index contributed by atoms with van der Waals surface area (Å²) in [4.78, 5) is 0. The van der Waals surface area contributed by atoms with E-state index in [4.69, 9.17) is 5.73 Å². The molecule has 0 aromatic rings. The zero-order valence-electron chi connectivity index (χ0n) is 27.6. The number of aliphatic hydroxyl groups is 1. The van der Waals surface area contributed by atoms with Crippen LogP contribution in [0.3, 0.4) is 0 Å². The molecule has 0 amide bonds. The van der Waals surface area contributed by atoms with E-state index in [-0.39, 0.29) is 6.10 Å². The van der Waals surface area contributed by atoms with Gasteiger partial charge in [-0.25, -0.2) is 0 Å². The van der Waals surface area contributed by atoms with Gasteiger partial charge in [-0.1, -0.05) is 92.4 Å². The van der Waals surface area contributed by atoms with E-state index in [1.165, 1.54) is 116 Å². The summed E-state index contributed by atoms with van der Waals surface area (Å²) in [5.74, 6) is 5.97. The molecule has 0 radical (unpaired) electrons. The number of nitrogens with two attached hydrogens (primary N) is 1. The second-order valence-electron chi connectivity index (χ2n) is 16.4. The van der Waals surface area contributed by atoms with Gasteiger partial charge < -0.3 is 16.2 Å². The van der Waals surface area contributed by atoms with E-state index in [2.05, 4.69) is 39.9 Å². The van der Waals surface area contributed by atoms with Crippen molar-refractivity contribution in [1.82, 2.24) is 5.32 Å². The second kappa shape index (κ2) is 15.1. The van der Waals surface area contributed by atoms with Crippen molar-refractivity contribution in [1.29, 1.82) is 0 Å². The highest BCUT2D eigenvalue weighted by atomic mass is 16.3. The minimum Gasteiger partial charge on any atom is -0.393 e. The summed E-state index contributed by atoms with van der Waals surface area (Å²) in [7, 11) is 0. The molecule has 3 nitrogen and oxygen atoms in total. The lowest BCUT2D eigenvalue weighted by Crippen LogP contribution is -2.61. The highest BCUT2D eigenvalue weighted by Crippen LogP contribution is 2.68. The van der Waals surface area contributed by atoms with Gasteiger partial charge >= 0.3 is 0 Å². The van der Waals surface area contributed by atoms with Crippen LogP contribution < -0.4 is 11.1 Å². The lowest BCUT2D eigenvalue weighted by Gasteiger charge is -2.63. The normalized spacial score (nSPS) is 40.0. The van der Waals surface area contributed by atoms with Crippen LogP contribution >= 0.6 is 0 Å². The fraction of sp³-hybridized carbons (Fsp3) is 1.00. The SMILES string of the molecule is CC(C)CCC[C@@H](C)[C@H]1CC[C@H]2[C@@H]3[C@@H](NCCCCCCCCCCN)C[C@H]4C[C@@H](O)CC[C@]4(C)[C@H]3CC[C@]12C. The molecule has 234 valence electrons. The molecule has 0 aromatic carbocycles. The summed E-state index contributed by atoms with van der Waals surface area (Å²) in [6, 6.07) is 0.671. The van der Waals surface area contributed by atoms with Gasteiger partial charge in [0.1, 0.15) is 0 Å². The number of fused-ring (bicyclic) bond motifs is 5. The van der Waals surface area contributed by atoms with Crippen LogP contribution in [0.2, 0.25) is 0 Å². The molecular formula is C37H70N2O. The van der Waals surface area contributed by atoms with E-state index in [1.54, 1.807) is 0 Å². The number of aliphatic hydroxyl groups excluding tert-OH is 1. The number of hydrogen-bond acceptors (Lipinski definition) is 3. The highest BCUT2D eigenvalue weighted by Gasteiger charge is 2.62. The molecule has 0 bridgehead atoms. The van der Waals surface area contributed by atoms with Crippen molar-refractivity contribution in [2.45, 2.75) is 169 Å². The van der Waals surface area contributed by atoms with Crippen LogP contribution in [-0.4, -0.2) is 30.3 Å². The zero-order valence-corrected chi connectivity index (χ0v) is 27.6. The van der Waals surface area contributed by atoms with Crippen LogP contribution in [0, 0.1) is 52.3 Å². The molecule has 0 saturated heterocycles. The van der Waals surface area contributed by atoms with Crippen LogP contribution in [0.4, 0.5) is 0 Å². The van der Waals surface area contributed by atoms with E-state index in [9.17, 15) is 5.11 Å². The molecule has 0 unspecified atom stereocenters. The molecule has 4 N–H and O–H groups in total. The Morgan fingerprint density at radius 1 is 0.750 bits per heavy atom. The largest absolute Gasteiger partial charge is 0.393 e. The summed E-state index contributed by atoms with van der Waals surface area (Å²) in [5, 5.41) is 14.9. The maximum absolute atomic E-state index is 10.7. The van der Waals surface area contributed by atoms with Crippen LogP contribution in [0.15, 0.2) is 0 Å². The van der Waals surface area contributed by atoms with Crippen LogP contribution in [0.25, 0.3) is 0 Å². The standard InChI is InChI=1S/C37H70N2O/c1-27(2)15-14-16-28(3)31-17-18-32-35-33(20-22-37(31,32)5)36(4)21-19-30(40)25-29(36)26-34(35)39-24-13-11-9-7-6-8-10-12-23-38/h27-35,39-40H,6-26,38H2,1-5H3/t28-,29-,30+,31-,32+,33+,34+,35+,36+,37-/m1/s1. The average molecular weight is 559 g/mol. The highest BCUT2D eigenvalue weighted by molar-refractivity contribution is 5.13. The molecule has 0 aliphatic heterocycles. The Bertz CT molecular complexity index is 740. The van der Waals surface area contributed by atoms with Gasteiger partial charge in [0, 0.05) is 6.04 Å². The molecule has 0 spiro atoms. The van der Waals surface area contributed by atoms with Gasteiger partial charge in [-0.05, 0) is 130 Å². The van der Waals surface area contributed by atoms with Crippen molar-refractivity contribution < 1.29 is 5.11 Å². The molecule has 4 fully saturated rings. The molecule has 4 aliphatic rings. The van der Waals surface area contributed by atoms with Gasteiger partial charge in [-0.2, -0.15) is 0 Å². The maximum atomic E-state index is 10.7. The van der Waals surface area contributed by atoms with E-state index in [0.717, 1.165) is 54.9 Å². The molecule has 0 aromatic heterocycles. The first-order valence-corrected chi connectivity index (χ1v) is 18.3. The van der Waals surface area contributed by atoms with Crippen molar-refractivity contribution in [3.05, 3.63) is 0 Å². The van der Waals surface area contributed by atoms with Crippen molar-refractivity contribution in [3.63, 3.8) is 0 Å². The third-order valence-electron chi connectivity index (χ3n) is 13.4. The van der Waals surface area contributed by atoms with Gasteiger partial charge in [0.25, 0.3) is 0 Å². The third kappa shape index (κ3) is 7.50. The Labute approximate surface area is 250 Å². The van der Waals surface area contributed by atoms with Crippen LogP contribution in [0.1, 0.15) is 157 Å². The Morgan fingerprint density at radius 3 is 2.10 bits per heavy atom. The quantitative estimate of drug-likeness (QED) is 0.166. The molecule has 4 aliphatic carbocycles. The predicted molar refractivity (Wildman–Crippen MR) is 172 cm³/mol. The summed E-state index contributed by atoms with van der Waals surface area (Å²) in [5.41, 5.74) is 6.63. The monoisotopic (exact) mass is 559 g/mol. The Hall–Kier alpha value is -0.120.